The third-order valence-electron chi connectivity index (χ3n) is 4.26. The van der Waals surface area contributed by atoms with Gasteiger partial charge in [-0.3, -0.25) is 0 Å². The maximum atomic E-state index is 3.57. The highest BCUT2D eigenvalue weighted by Crippen LogP contribution is 2.36. The van der Waals surface area contributed by atoms with Crippen molar-refractivity contribution in [3.8, 4) is 21.8 Å². The fourth-order valence-corrected chi connectivity index (χ4v) is 4.18. The Balaban J connectivity index is 1.77. The van der Waals surface area contributed by atoms with E-state index in [-0.39, 0.29) is 0 Å². The van der Waals surface area contributed by atoms with Crippen LogP contribution in [0.3, 0.4) is 0 Å². The molecular formula is C21H19NS. The van der Waals surface area contributed by atoms with E-state index in [1.54, 1.807) is 0 Å². The van der Waals surface area contributed by atoms with E-state index in [9.17, 15) is 0 Å². The molecule has 0 aliphatic rings. The molecule has 114 valence electrons. The first kappa shape index (κ1) is 14.3. The number of hydrogen-bond acceptors (Lipinski definition) is 1. The Bertz CT molecular complexity index is 987. The molecule has 0 unspecified atom stereocenters. The van der Waals surface area contributed by atoms with Crippen molar-refractivity contribution in [2.45, 2.75) is 20.8 Å². The van der Waals surface area contributed by atoms with Gasteiger partial charge in [-0.05, 0) is 55.5 Å². The van der Waals surface area contributed by atoms with Crippen LogP contribution in [0.4, 0.5) is 0 Å². The molecule has 2 heteroatoms. The van der Waals surface area contributed by atoms with E-state index in [4.69, 9.17) is 0 Å². The van der Waals surface area contributed by atoms with E-state index in [2.05, 4.69) is 80.4 Å². The number of aromatic nitrogens is 1. The molecule has 0 bridgehead atoms. The van der Waals surface area contributed by atoms with Gasteiger partial charge < -0.3 is 4.98 Å². The predicted molar refractivity (Wildman–Crippen MR) is 101 cm³/mol. The Kier molecular flexibility index (Phi) is 3.35. The smallest absolute Gasteiger partial charge is 0.0560 e. The fourth-order valence-electron chi connectivity index (χ4n) is 3.09. The van der Waals surface area contributed by atoms with Gasteiger partial charge in [-0.25, -0.2) is 0 Å². The number of thiophene rings is 1. The summed E-state index contributed by atoms with van der Waals surface area (Å²) >= 11 is 1.87. The van der Waals surface area contributed by atoms with Gasteiger partial charge in [0.25, 0.3) is 0 Å². The minimum atomic E-state index is 1.17. The van der Waals surface area contributed by atoms with Gasteiger partial charge in [-0.1, -0.05) is 47.5 Å². The van der Waals surface area contributed by atoms with Crippen molar-refractivity contribution in [3.63, 3.8) is 0 Å². The Morgan fingerprint density at radius 1 is 0.739 bits per heavy atom. The minimum absolute atomic E-state index is 1.17. The third kappa shape index (κ3) is 2.60. The first-order valence-electron chi connectivity index (χ1n) is 7.87. The van der Waals surface area contributed by atoms with Crippen molar-refractivity contribution in [1.82, 2.24) is 4.98 Å². The van der Waals surface area contributed by atoms with Crippen molar-refractivity contribution in [3.05, 3.63) is 71.3 Å². The molecule has 1 N–H and O–H groups in total. The lowest BCUT2D eigenvalue weighted by Gasteiger charge is -1.99. The molecule has 0 spiro atoms. The molecular weight excluding hydrogens is 298 g/mol. The van der Waals surface area contributed by atoms with Crippen LogP contribution in [0.2, 0.25) is 0 Å². The number of aromatic amines is 1. The summed E-state index contributed by atoms with van der Waals surface area (Å²) in [7, 11) is 0. The molecule has 2 heterocycles. The number of benzene rings is 2. The lowest BCUT2D eigenvalue weighted by molar-refractivity contribution is 1.39. The van der Waals surface area contributed by atoms with Gasteiger partial charge in [0, 0.05) is 10.4 Å². The van der Waals surface area contributed by atoms with E-state index in [1.807, 2.05) is 11.3 Å². The van der Waals surface area contributed by atoms with Crippen LogP contribution in [0.5, 0.6) is 0 Å². The molecule has 23 heavy (non-hydrogen) atoms. The summed E-state index contributed by atoms with van der Waals surface area (Å²) in [5, 5.41) is 1.34. The topological polar surface area (TPSA) is 15.8 Å². The van der Waals surface area contributed by atoms with Crippen LogP contribution >= 0.6 is 11.3 Å². The maximum absolute atomic E-state index is 3.57. The summed E-state index contributed by atoms with van der Waals surface area (Å²) in [6, 6.07) is 19.8. The number of H-pyrrole nitrogens is 1. The van der Waals surface area contributed by atoms with E-state index < -0.39 is 0 Å². The summed E-state index contributed by atoms with van der Waals surface area (Å²) in [5.41, 5.74) is 7.57. The minimum Gasteiger partial charge on any atom is -0.354 e. The number of fused-ring (bicyclic) bond motifs is 1. The molecule has 0 amide bonds. The quantitative estimate of drug-likeness (QED) is 0.435. The summed E-state index contributed by atoms with van der Waals surface area (Å²) in [4.78, 5) is 4.87. The highest BCUT2D eigenvalue weighted by molar-refractivity contribution is 7.22. The summed E-state index contributed by atoms with van der Waals surface area (Å²) in [6.45, 7) is 6.47. The highest BCUT2D eigenvalue weighted by Gasteiger charge is 2.09. The van der Waals surface area contributed by atoms with Gasteiger partial charge in [0.05, 0.1) is 10.6 Å². The van der Waals surface area contributed by atoms with Gasteiger partial charge in [-0.15, -0.1) is 11.3 Å². The molecule has 2 aromatic carbocycles. The van der Waals surface area contributed by atoms with E-state index >= 15 is 0 Å². The lowest BCUT2D eigenvalue weighted by atomic mass is 10.1. The molecule has 2 aromatic heterocycles. The van der Waals surface area contributed by atoms with Crippen molar-refractivity contribution >= 4 is 21.4 Å². The number of aryl methyl sites for hydroxylation is 3. The Morgan fingerprint density at radius 2 is 1.48 bits per heavy atom. The zero-order valence-electron chi connectivity index (χ0n) is 13.6. The molecule has 0 aliphatic heterocycles. The van der Waals surface area contributed by atoms with Crippen LogP contribution in [0.25, 0.3) is 31.9 Å². The van der Waals surface area contributed by atoms with Crippen LogP contribution in [-0.2, 0) is 0 Å². The second-order valence-electron chi connectivity index (χ2n) is 6.26. The molecule has 0 saturated carbocycles. The van der Waals surface area contributed by atoms with Gasteiger partial charge in [-0.2, -0.15) is 0 Å². The molecule has 0 saturated heterocycles. The van der Waals surface area contributed by atoms with Crippen LogP contribution < -0.4 is 0 Å². The third-order valence-corrected chi connectivity index (χ3v) is 5.58. The van der Waals surface area contributed by atoms with Crippen LogP contribution in [0, 0.1) is 20.8 Å². The average Bonchev–Trinajstić information content (AvgIpc) is 3.14. The molecule has 4 rings (SSSR count). The largest absolute Gasteiger partial charge is 0.354 e. The normalized spacial score (nSPS) is 11.3. The first-order valence-corrected chi connectivity index (χ1v) is 8.69. The molecule has 0 fully saturated rings. The number of nitrogens with one attached hydrogen (secondary N) is 1. The van der Waals surface area contributed by atoms with Crippen molar-refractivity contribution in [2.75, 3.05) is 0 Å². The molecule has 0 radical (unpaired) electrons. The van der Waals surface area contributed by atoms with Gasteiger partial charge in [0.1, 0.15) is 0 Å². The monoisotopic (exact) mass is 317 g/mol. The van der Waals surface area contributed by atoms with Gasteiger partial charge in [0.2, 0.25) is 0 Å². The average molecular weight is 317 g/mol. The fraction of sp³-hybridized carbons (Fsp3) is 0.143. The summed E-state index contributed by atoms with van der Waals surface area (Å²) in [6.07, 6.45) is 0. The summed E-state index contributed by atoms with van der Waals surface area (Å²) < 4.78 is 1.39. The number of rotatable bonds is 2. The predicted octanol–water partition coefficient (Wildman–Crippen LogP) is 6.49. The zero-order chi connectivity index (χ0) is 16.0. The van der Waals surface area contributed by atoms with Crippen molar-refractivity contribution in [1.29, 1.82) is 0 Å². The van der Waals surface area contributed by atoms with Crippen molar-refractivity contribution in [2.24, 2.45) is 0 Å². The molecule has 4 aromatic rings. The van der Waals surface area contributed by atoms with Crippen molar-refractivity contribution < 1.29 is 0 Å². The second kappa shape index (κ2) is 5.39. The Morgan fingerprint density at radius 3 is 2.26 bits per heavy atom. The highest BCUT2D eigenvalue weighted by atomic mass is 32.1. The van der Waals surface area contributed by atoms with Crippen LogP contribution in [0.1, 0.15) is 16.7 Å². The molecule has 0 aliphatic carbocycles. The molecule has 1 nitrogen and oxygen atoms in total. The SMILES string of the molecule is Cc1ccc(-c2ccc(-c3cc4cc(C)cc(C)c4s3)[nH]2)cc1. The molecule has 0 atom stereocenters. The van der Waals surface area contributed by atoms with Gasteiger partial charge >= 0.3 is 0 Å². The first-order chi connectivity index (χ1) is 11.1. The second-order valence-corrected chi connectivity index (χ2v) is 7.31. The lowest BCUT2D eigenvalue weighted by Crippen LogP contribution is -1.78. The van der Waals surface area contributed by atoms with Crippen LogP contribution in [0.15, 0.2) is 54.6 Å². The summed E-state index contributed by atoms with van der Waals surface area (Å²) in [5.74, 6) is 0. The standard InChI is InChI=1S/C21H19NS/c1-13-4-6-16(7-5-13)18-8-9-19(22-18)20-12-17-11-14(2)10-15(3)21(17)23-20/h4-12,22H,1-3H3. The van der Waals surface area contributed by atoms with E-state index in [0.717, 1.165) is 0 Å². The number of hydrogen-bond donors (Lipinski definition) is 1. The zero-order valence-corrected chi connectivity index (χ0v) is 14.4. The van der Waals surface area contributed by atoms with Gasteiger partial charge in [0.15, 0.2) is 0 Å². The Labute approximate surface area is 140 Å². The van der Waals surface area contributed by atoms with Crippen LogP contribution in [-0.4, -0.2) is 4.98 Å². The Hall–Kier alpha value is -2.32. The van der Waals surface area contributed by atoms with E-state index in [0.29, 0.717) is 0 Å². The van der Waals surface area contributed by atoms with E-state index in [1.165, 1.54) is 48.6 Å². The maximum Gasteiger partial charge on any atom is 0.0560 e.